The summed E-state index contributed by atoms with van der Waals surface area (Å²) in [4.78, 5) is 11.8. The van der Waals surface area contributed by atoms with Crippen molar-refractivity contribution in [1.82, 2.24) is 5.32 Å². The quantitative estimate of drug-likeness (QED) is 0.781. The number of halogens is 1. The summed E-state index contributed by atoms with van der Waals surface area (Å²) in [5.74, 6) is 0. The van der Waals surface area contributed by atoms with Crippen LogP contribution in [-0.2, 0) is 0 Å². The van der Waals surface area contributed by atoms with Crippen molar-refractivity contribution in [1.29, 1.82) is 0 Å². The van der Waals surface area contributed by atoms with E-state index in [0.717, 1.165) is 31.2 Å². The molecule has 0 spiro atoms. The van der Waals surface area contributed by atoms with Gasteiger partial charge >= 0.3 is 6.03 Å². The van der Waals surface area contributed by atoms with Gasteiger partial charge in [0.05, 0.1) is 12.1 Å². The highest BCUT2D eigenvalue weighted by Crippen LogP contribution is 2.21. The fraction of sp³-hybridized carbons (Fsp3) is 0.500. The van der Waals surface area contributed by atoms with Crippen LogP contribution in [0, 0.1) is 6.92 Å². The fourth-order valence-corrected chi connectivity index (χ4v) is 2.47. The molecule has 0 aromatic heterocycles. The molecule has 104 valence electrons. The van der Waals surface area contributed by atoms with Crippen LogP contribution in [0.25, 0.3) is 0 Å². The fourth-order valence-electron chi connectivity index (χ4n) is 2.29. The Balaban J connectivity index is 1.91. The smallest absolute Gasteiger partial charge is 0.319 e. The number of carbonyl (C=O) groups excluding carboxylic acids is 1. The molecule has 1 fully saturated rings. The minimum absolute atomic E-state index is 0.158. The van der Waals surface area contributed by atoms with Crippen LogP contribution >= 0.6 is 11.6 Å². The van der Waals surface area contributed by atoms with E-state index >= 15 is 0 Å². The average Bonchev–Trinajstić information content (AvgIpc) is 2.37. The molecular formula is C14H19ClN2O2. The number of hydrogen-bond acceptors (Lipinski definition) is 2. The molecule has 1 aliphatic carbocycles. The lowest BCUT2D eigenvalue weighted by Gasteiger charge is -2.28. The summed E-state index contributed by atoms with van der Waals surface area (Å²) in [6.07, 6.45) is 3.19. The summed E-state index contributed by atoms with van der Waals surface area (Å²) < 4.78 is 0. The van der Waals surface area contributed by atoms with E-state index in [0.29, 0.717) is 10.7 Å². The van der Waals surface area contributed by atoms with Crippen molar-refractivity contribution in [3.05, 3.63) is 28.8 Å². The first-order chi connectivity index (χ1) is 9.06. The molecule has 2 amide bonds. The van der Waals surface area contributed by atoms with Gasteiger partial charge in [-0.05, 0) is 37.5 Å². The molecule has 1 saturated carbocycles. The lowest BCUT2D eigenvalue weighted by molar-refractivity contribution is 0.0955. The second kappa shape index (κ2) is 6.26. The molecule has 5 heteroatoms. The SMILES string of the molecule is Cc1ccc(NC(=O)N[C@H]2CCCC[C@@H]2O)cc1Cl. The van der Waals surface area contributed by atoms with Crippen LogP contribution in [0.3, 0.4) is 0 Å². The van der Waals surface area contributed by atoms with Crippen LogP contribution < -0.4 is 10.6 Å². The van der Waals surface area contributed by atoms with E-state index in [1.165, 1.54) is 0 Å². The molecule has 0 unspecified atom stereocenters. The maximum Gasteiger partial charge on any atom is 0.319 e. The van der Waals surface area contributed by atoms with Crippen LogP contribution in [0.5, 0.6) is 0 Å². The Kier molecular flexibility index (Phi) is 4.66. The lowest BCUT2D eigenvalue weighted by Crippen LogP contribution is -2.46. The molecule has 1 aromatic carbocycles. The number of benzene rings is 1. The van der Waals surface area contributed by atoms with Crippen molar-refractivity contribution in [3.63, 3.8) is 0 Å². The van der Waals surface area contributed by atoms with Crippen LogP contribution in [0.2, 0.25) is 5.02 Å². The van der Waals surface area contributed by atoms with Gasteiger partial charge in [-0.15, -0.1) is 0 Å². The van der Waals surface area contributed by atoms with E-state index in [1.807, 2.05) is 13.0 Å². The van der Waals surface area contributed by atoms with Gasteiger partial charge in [0.1, 0.15) is 0 Å². The molecule has 0 saturated heterocycles. The van der Waals surface area contributed by atoms with Gasteiger partial charge < -0.3 is 15.7 Å². The third kappa shape index (κ3) is 3.85. The van der Waals surface area contributed by atoms with Crippen LogP contribution in [0.1, 0.15) is 31.2 Å². The molecule has 1 aliphatic rings. The number of hydrogen-bond donors (Lipinski definition) is 3. The van der Waals surface area contributed by atoms with E-state index in [2.05, 4.69) is 10.6 Å². The number of aliphatic hydroxyl groups is 1. The summed E-state index contributed by atoms with van der Waals surface area (Å²) in [5, 5.41) is 16.0. The summed E-state index contributed by atoms with van der Waals surface area (Å²) in [7, 11) is 0. The zero-order valence-electron chi connectivity index (χ0n) is 10.9. The van der Waals surface area contributed by atoms with Gasteiger partial charge in [0.2, 0.25) is 0 Å². The predicted molar refractivity (Wildman–Crippen MR) is 76.6 cm³/mol. The minimum Gasteiger partial charge on any atom is -0.391 e. The Morgan fingerprint density at radius 1 is 1.37 bits per heavy atom. The summed E-state index contributed by atoms with van der Waals surface area (Å²) in [5.41, 5.74) is 1.62. The zero-order chi connectivity index (χ0) is 13.8. The number of amides is 2. The average molecular weight is 283 g/mol. The highest BCUT2D eigenvalue weighted by Gasteiger charge is 2.24. The molecule has 3 N–H and O–H groups in total. The number of urea groups is 1. The Bertz CT molecular complexity index is 465. The van der Waals surface area contributed by atoms with Gasteiger partial charge in [-0.2, -0.15) is 0 Å². The van der Waals surface area contributed by atoms with Gasteiger partial charge in [-0.25, -0.2) is 4.79 Å². The number of aryl methyl sites for hydroxylation is 1. The predicted octanol–water partition coefficient (Wildman–Crippen LogP) is 3.07. The van der Waals surface area contributed by atoms with Gasteiger partial charge in [0.25, 0.3) is 0 Å². The van der Waals surface area contributed by atoms with E-state index in [1.54, 1.807) is 12.1 Å². The number of anilines is 1. The molecule has 2 atom stereocenters. The highest BCUT2D eigenvalue weighted by atomic mass is 35.5. The summed E-state index contributed by atoms with van der Waals surface area (Å²) in [6.45, 7) is 1.91. The van der Waals surface area contributed by atoms with Gasteiger partial charge in [-0.3, -0.25) is 0 Å². The molecule has 4 nitrogen and oxygen atoms in total. The van der Waals surface area contributed by atoms with Crippen molar-refractivity contribution in [2.75, 3.05) is 5.32 Å². The van der Waals surface area contributed by atoms with Crippen molar-refractivity contribution < 1.29 is 9.90 Å². The van der Waals surface area contributed by atoms with Crippen molar-refractivity contribution in [2.45, 2.75) is 44.8 Å². The first-order valence-electron chi connectivity index (χ1n) is 6.58. The minimum atomic E-state index is -0.443. The highest BCUT2D eigenvalue weighted by molar-refractivity contribution is 6.31. The topological polar surface area (TPSA) is 61.4 Å². The second-order valence-electron chi connectivity index (χ2n) is 5.02. The number of carbonyl (C=O) groups is 1. The molecule has 0 aliphatic heterocycles. The van der Waals surface area contributed by atoms with E-state index in [-0.39, 0.29) is 12.1 Å². The van der Waals surface area contributed by atoms with E-state index in [4.69, 9.17) is 11.6 Å². The molecule has 1 aromatic rings. The third-order valence-corrected chi connectivity index (χ3v) is 3.88. The first-order valence-corrected chi connectivity index (χ1v) is 6.96. The molecule has 0 heterocycles. The van der Waals surface area contributed by atoms with Crippen LogP contribution in [-0.4, -0.2) is 23.3 Å². The lowest BCUT2D eigenvalue weighted by atomic mass is 9.93. The van der Waals surface area contributed by atoms with E-state index < -0.39 is 6.10 Å². The largest absolute Gasteiger partial charge is 0.391 e. The second-order valence-corrected chi connectivity index (χ2v) is 5.43. The monoisotopic (exact) mass is 282 g/mol. The Morgan fingerprint density at radius 3 is 2.79 bits per heavy atom. The maximum absolute atomic E-state index is 11.8. The summed E-state index contributed by atoms with van der Waals surface area (Å²) in [6, 6.07) is 4.92. The van der Waals surface area contributed by atoms with Crippen molar-refractivity contribution in [3.8, 4) is 0 Å². The van der Waals surface area contributed by atoms with Crippen molar-refractivity contribution >= 4 is 23.3 Å². The molecule has 0 radical (unpaired) electrons. The van der Waals surface area contributed by atoms with Crippen LogP contribution in [0.4, 0.5) is 10.5 Å². The molecule has 19 heavy (non-hydrogen) atoms. The molecule has 0 bridgehead atoms. The molecule has 2 rings (SSSR count). The first kappa shape index (κ1) is 14.2. The van der Waals surface area contributed by atoms with Crippen LogP contribution in [0.15, 0.2) is 18.2 Å². The third-order valence-electron chi connectivity index (χ3n) is 3.48. The Labute approximate surface area is 118 Å². The Morgan fingerprint density at radius 2 is 2.11 bits per heavy atom. The number of rotatable bonds is 2. The van der Waals surface area contributed by atoms with Gasteiger partial charge in [-0.1, -0.05) is 30.5 Å². The van der Waals surface area contributed by atoms with E-state index in [9.17, 15) is 9.90 Å². The maximum atomic E-state index is 11.8. The van der Waals surface area contributed by atoms with Crippen molar-refractivity contribution in [2.24, 2.45) is 0 Å². The van der Waals surface area contributed by atoms with Gasteiger partial charge in [0, 0.05) is 10.7 Å². The normalized spacial score (nSPS) is 22.9. The standard InChI is InChI=1S/C14H19ClN2O2/c1-9-6-7-10(8-11(9)15)16-14(19)17-12-4-2-3-5-13(12)18/h6-8,12-13,18H,2-5H2,1H3,(H2,16,17,19)/t12-,13-/m0/s1. The molecular weight excluding hydrogens is 264 g/mol. The number of nitrogens with one attached hydrogen (secondary N) is 2. The Hall–Kier alpha value is -1.26. The summed E-state index contributed by atoms with van der Waals surface area (Å²) >= 11 is 6.00. The zero-order valence-corrected chi connectivity index (χ0v) is 11.7. The van der Waals surface area contributed by atoms with Gasteiger partial charge in [0.15, 0.2) is 0 Å². The number of aliphatic hydroxyl groups excluding tert-OH is 1.